The van der Waals surface area contributed by atoms with E-state index < -0.39 is 30.2 Å². The number of carboxylic acid groups (broad SMARTS) is 1. The average molecular weight is 238 g/mol. The molecule has 0 saturated heterocycles. The zero-order valence-corrected chi connectivity index (χ0v) is 7.98. The number of aliphatic hydroxyl groups is 1. The normalized spacial score (nSPS) is 13.8. The van der Waals surface area contributed by atoms with Gasteiger partial charge in [0.1, 0.15) is 0 Å². The van der Waals surface area contributed by atoms with Crippen LogP contribution < -0.4 is 0 Å². The molecule has 0 aromatic carbocycles. The van der Waals surface area contributed by atoms with Crippen LogP contribution in [-0.4, -0.2) is 32.1 Å². The molecule has 0 aliphatic rings. The Morgan fingerprint density at radius 3 is 2.62 bits per heavy atom. The van der Waals surface area contributed by atoms with E-state index in [0.29, 0.717) is 12.4 Å². The molecule has 0 amide bonds. The maximum Gasteiger partial charge on any atom is 0.419 e. The van der Waals surface area contributed by atoms with E-state index in [1.54, 1.807) is 0 Å². The molecule has 2 N–H and O–H groups in total. The van der Waals surface area contributed by atoms with Crippen LogP contribution in [0.25, 0.3) is 0 Å². The quantitative estimate of drug-likeness (QED) is 0.811. The summed E-state index contributed by atoms with van der Waals surface area (Å²) in [6, 6.07) is 0. The van der Waals surface area contributed by atoms with Crippen LogP contribution in [0.3, 0.4) is 0 Å². The molecule has 1 atom stereocenters. The fourth-order valence-electron chi connectivity index (χ4n) is 1.09. The minimum Gasteiger partial charge on any atom is -0.481 e. The first-order chi connectivity index (χ1) is 7.29. The number of alkyl halides is 3. The number of nitrogens with zero attached hydrogens (tertiary/aromatic N) is 2. The highest BCUT2D eigenvalue weighted by atomic mass is 19.4. The average Bonchev–Trinajstić information content (AvgIpc) is 2.49. The number of aliphatic hydroxyl groups excluding tert-OH is 1. The van der Waals surface area contributed by atoms with Gasteiger partial charge in [0.25, 0.3) is 0 Å². The predicted octanol–water partition coefficient (Wildman–Crippen LogP) is 0.737. The third kappa shape index (κ3) is 3.54. The maximum atomic E-state index is 12.1. The van der Waals surface area contributed by atoms with E-state index in [1.807, 2.05) is 0 Å². The number of rotatable bonds is 4. The number of carbonyl (C=O) groups is 1. The van der Waals surface area contributed by atoms with Gasteiger partial charge in [0.05, 0.1) is 30.8 Å². The zero-order valence-electron chi connectivity index (χ0n) is 7.98. The lowest BCUT2D eigenvalue weighted by atomic mass is 10.2. The van der Waals surface area contributed by atoms with Crippen molar-refractivity contribution in [2.45, 2.75) is 25.2 Å². The Kier molecular flexibility index (Phi) is 3.53. The number of hydrogen-bond acceptors (Lipinski definition) is 3. The second kappa shape index (κ2) is 4.52. The smallest absolute Gasteiger partial charge is 0.419 e. The predicted molar refractivity (Wildman–Crippen MR) is 45.5 cm³/mol. The van der Waals surface area contributed by atoms with Gasteiger partial charge in [-0.2, -0.15) is 18.3 Å². The topological polar surface area (TPSA) is 75.3 Å². The molecule has 1 rings (SSSR count). The van der Waals surface area contributed by atoms with Gasteiger partial charge < -0.3 is 10.2 Å². The molecule has 8 heteroatoms. The lowest BCUT2D eigenvalue weighted by molar-refractivity contribution is -0.140. The number of aliphatic carboxylic acids is 1. The second-order valence-corrected chi connectivity index (χ2v) is 3.20. The molecule has 0 bridgehead atoms. The number of carboxylic acids is 1. The van der Waals surface area contributed by atoms with Gasteiger partial charge in [-0.05, 0) is 0 Å². The molecule has 0 spiro atoms. The molecule has 5 nitrogen and oxygen atoms in total. The van der Waals surface area contributed by atoms with Gasteiger partial charge in [0.15, 0.2) is 0 Å². The van der Waals surface area contributed by atoms with Crippen molar-refractivity contribution in [1.82, 2.24) is 9.78 Å². The van der Waals surface area contributed by atoms with E-state index >= 15 is 0 Å². The van der Waals surface area contributed by atoms with Crippen LogP contribution in [0.5, 0.6) is 0 Å². The van der Waals surface area contributed by atoms with Crippen molar-refractivity contribution in [3.8, 4) is 0 Å². The maximum absolute atomic E-state index is 12.1. The van der Waals surface area contributed by atoms with Crippen molar-refractivity contribution in [1.29, 1.82) is 0 Å². The van der Waals surface area contributed by atoms with Crippen LogP contribution in [-0.2, 0) is 17.5 Å². The Morgan fingerprint density at radius 1 is 1.56 bits per heavy atom. The number of halogens is 3. The van der Waals surface area contributed by atoms with Crippen molar-refractivity contribution < 1.29 is 28.2 Å². The Balaban J connectivity index is 2.62. The monoisotopic (exact) mass is 238 g/mol. The van der Waals surface area contributed by atoms with Gasteiger partial charge in [-0.15, -0.1) is 0 Å². The molecule has 0 aliphatic heterocycles. The zero-order chi connectivity index (χ0) is 12.3. The summed E-state index contributed by atoms with van der Waals surface area (Å²) in [5, 5.41) is 20.9. The summed E-state index contributed by atoms with van der Waals surface area (Å²) in [5.41, 5.74) is -0.935. The summed E-state index contributed by atoms with van der Waals surface area (Å²) in [6.07, 6.45) is -4.96. The number of aromatic nitrogens is 2. The van der Waals surface area contributed by atoms with E-state index in [0.717, 1.165) is 4.68 Å². The fourth-order valence-corrected chi connectivity index (χ4v) is 1.09. The van der Waals surface area contributed by atoms with E-state index in [-0.39, 0.29) is 6.54 Å². The summed E-state index contributed by atoms with van der Waals surface area (Å²) in [7, 11) is 0. The summed E-state index contributed by atoms with van der Waals surface area (Å²) in [4.78, 5) is 10.2. The Bertz CT molecular complexity index is 375. The molecule has 0 aliphatic carbocycles. The molecule has 90 valence electrons. The third-order valence-electron chi connectivity index (χ3n) is 1.77. The molecule has 1 aromatic heterocycles. The van der Waals surface area contributed by atoms with Gasteiger partial charge in [-0.25, -0.2) is 0 Å². The van der Waals surface area contributed by atoms with Gasteiger partial charge in [0.2, 0.25) is 0 Å². The fraction of sp³-hybridized carbons (Fsp3) is 0.500. The van der Waals surface area contributed by atoms with Gasteiger partial charge >= 0.3 is 12.1 Å². The van der Waals surface area contributed by atoms with E-state index in [1.165, 1.54) is 0 Å². The second-order valence-electron chi connectivity index (χ2n) is 3.20. The molecule has 16 heavy (non-hydrogen) atoms. The highest BCUT2D eigenvalue weighted by molar-refractivity contribution is 5.67. The molecule has 0 radical (unpaired) electrons. The van der Waals surface area contributed by atoms with Crippen LogP contribution in [0.1, 0.15) is 12.0 Å². The minimum absolute atomic E-state index is 0.289. The summed E-state index contributed by atoms with van der Waals surface area (Å²) in [5.74, 6) is -1.23. The highest BCUT2D eigenvalue weighted by Crippen LogP contribution is 2.28. The Hall–Kier alpha value is -1.57. The summed E-state index contributed by atoms with van der Waals surface area (Å²) >= 11 is 0. The van der Waals surface area contributed by atoms with Crippen molar-refractivity contribution in [3.63, 3.8) is 0 Å². The molecule has 1 unspecified atom stereocenters. The molecule has 1 aromatic rings. The first kappa shape index (κ1) is 12.5. The SMILES string of the molecule is O=C(O)CC(O)Cn1cc(C(F)(F)F)cn1. The van der Waals surface area contributed by atoms with Crippen LogP contribution >= 0.6 is 0 Å². The molecule has 0 fully saturated rings. The van der Waals surface area contributed by atoms with E-state index in [4.69, 9.17) is 10.2 Å². The third-order valence-corrected chi connectivity index (χ3v) is 1.77. The standard InChI is InChI=1S/C8H9F3N2O3/c9-8(10,11)5-2-12-13(3-5)4-6(14)1-7(15)16/h2-3,6,14H,1,4H2,(H,15,16). The van der Waals surface area contributed by atoms with Crippen LogP contribution in [0.4, 0.5) is 13.2 Å². The Morgan fingerprint density at radius 2 is 2.19 bits per heavy atom. The minimum atomic E-state index is -4.49. The summed E-state index contributed by atoms with van der Waals surface area (Å²) < 4.78 is 37.3. The van der Waals surface area contributed by atoms with E-state index in [2.05, 4.69) is 5.10 Å². The van der Waals surface area contributed by atoms with Gasteiger partial charge in [-0.1, -0.05) is 0 Å². The van der Waals surface area contributed by atoms with Gasteiger partial charge in [-0.3, -0.25) is 9.48 Å². The van der Waals surface area contributed by atoms with Crippen molar-refractivity contribution in [3.05, 3.63) is 18.0 Å². The van der Waals surface area contributed by atoms with Crippen LogP contribution in [0.15, 0.2) is 12.4 Å². The van der Waals surface area contributed by atoms with Crippen LogP contribution in [0.2, 0.25) is 0 Å². The van der Waals surface area contributed by atoms with Crippen molar-refractivity contribution in [2.75, 3.05) is 0 Å². The van der Waals surface area contributed by atoms with Crippen molar-refractivity contribution in [2.24, 2.45) is 0 Å². The van der Waals surface area contributed by atoms with Gasteiger partial charge in [0, 0.05) is 6.20 Å². The first-order valence-electron chi connectivity index (χ1n) is 4.28. The van der Waals surface area contributed by atoms with Crippen molar-refractivity contribution >= 4 is 5.97 Å². The molecule has 0 saturated carbocycles. The molecular weight excluding hydrogens is 229 g/mol. The number of hydrogen-bond donors (Lipinski definition) is 2. The Labute approximate surface area is 88.1 Å². The van der Waals surface area contributed by atoms with E-state index in [9.17, 15) is 18.0 Å². The molecule has 1 heterocycles. The largest absolute Gasteiger partial charge is 0.481 e. The lowest BCUT2D eigenvalue weighted by Gasteiger charge is -2.07. The molecular formula is C8H9F3N2O3. The van der Waals surface area contributed by atoms with Crippen LogP contribution in [0, 0.1) is 0 Å². The highest BCUT2D eigenvalue weighted by Gasteiger charge is 2.32. The summed E-state index contributed by atoms with van der Waals surface area (Å²) in [6.45, 7) is -0.289. The first-order valence-corrected chi connectivity index (χ1v) is 4.28. The lowest BCUT2D eigenvalue weighted by Crippen LogP contribution is -2.20.